The Hall–Kier alpha value is -1.10. The van der Waals surface area contributed by atoms with Crippen LogP contribution in [0.4, 0.5) is 0 Å². The molecule has 0 aromatic heterocycles. The van der Waals surface area contributed by atoms with Crippen molar-refractivity contribution >= 4 is 0 Å². The SMILES string of the molecule is COc1cccc(C(CN)N2CCC3CCC(C2)N3C)c1. The second-order valence-corrected chi connectivity index (χ2v) is 6.36. The molecule has 2 fully saturated rings. The summed E-state index contributed by atoms with van der Waals surface area (Å²) < 4.78 is 5.36. The Morgan fingerprint density at radius 3 is 2.86 bits per heavy atom. The molecule has 3 atom stereocenters. The number of fused-ring (bicyclic) bond motifs is 2. The van der Waals surface area contributed by atoms with Crippen molar-refractivity contribution in [2.24, 2.45) is 5.73 Å². The third-order valence-corrected chi connectivity index (χ3v) is 5.32. The zero-order valence-electron chi connectivity index (χ0n) is 13.2. The molecule has 2 aliphatic rings. The van der Waals surface area contributed by atoms with Crippen LogP contribution in [0.5, 0.6) is 5.75 Å². The summed E-state index contributed by atoms with van der Waals surface area (Å²) in [5.74, 6) is 0.916. The molecule has 1 aromatic carbocycles. The Bertz CT molecular complexity index is 479. The van der Waals surface area contributed by atoms with Gasteiger partial charge in [0.15, 0.2) is 0 Å². The fourth-order valence-electron chi connectivity index (χ4n) is 3.96. The van der Waals surface area contributed by atoms with Gasteiger partial charge in [-0.05, 0) is 44.0 Å². The molecule has 116 valence electrons. The molecular weight excluding hydrogens is 262 g/mol. The third-order valence-electron chi connectivity index (χ3n) is 5.32. The van der Waals surface area contributed by atoms with Crippen molar-refractivity contribution in [3.8, 4) is 5.75 Å². The maximum atomic E-state index is 6.11. The molecule has 1 aromatic rings. The lowest BCUT2D eigenvalue weighted by Gasteiger charge is -2.33. The number of methoxy groups -OCH3 is 1. The fraction of sp³-hybridized carbons (Fsp3) is 0.647. The van der Waals surface area contributed by atoms with Gasteiger partial charge in [-0.2, -0.15) is 0 Å². The van der Waals surface area contributed by atoms with E-state index in [0.29, 0.717) is 18.6 Å². The number of nitrogens with two attached hydrogens (primary N) is 1. The smallest absolute Gasteiger partial charge is 0.119 e. The Kier molecular flexibility index (Phi) is 4.48. The van der Waals surface area contributed by atoms with E-state index < -0.39 is 0 Å². The van der Waals surface area contributed by atoms with Crippen LogP contribution in [0, 0.1) is 0 Å². The van der Waals surface area contributed by atoms with Gasteiger partial charge in [-0.3, -0.25) is 9.80 Å². The third kappa shape index (κ3) is 2.93. The predicted octanol–water partition coefficient (Wildman–Crippen LogP) is 1.86. The number of likely N-dealkylation sites (N-methyl/N-ethyl adjacent to an activating group) is 1. The lowest BCUT2D eigenvalue weighted by molar-refractivity contribution is 0.175. The van der Waals surface area contributed by atoms with E-state index in [0.717, 1.165) is 24.9 Å². The average molecular weight is 289 g/mol. The molecule has 2 N–H and O–H groups in total. The van der Waals surface area contributed by atoms with Crippen LogP contribution in [-0.2, 0) is 0 Å². The largest absolute Gasteiger partial charge is 0.497 e. The van der Waals surface area contributed by atoms with Crippen LogP contribution in [0.1, 0.15) is 30.9 Å². The lowest BCUT2D eigenvalue weighted by Crippen LogP contribution is -2.40. The van der Waals surface area contributed by atoms with Gasteiger partial charge in [-0.1, -0.05) is 12.1 Å². The first-order valence-electron chi connectivity index (χ1n) is 8.03. The number of nitrogens with zero attached hydrogens (tertiary/aromatic N) is 2. The molecular formula is C17H27N3O. The van der Waals surface area contributed by atoms with Crippen molar-refractivity contribution < 1.29 is 4.74 Å². The quantitative estimate of drug-likeness (QED) is 0.919. The molecule has 0 aliphatic carbocycles. The van der Waals surface area contributed by atoms with Crippen LogP contribution in [0.3, 0.4) is 0 Å². The molecule has 0 saturated carbocycles. The van der Waals surface area contributed by atoms with Crippen LogP contribution in [0.25, 0.3) is 0 Å². The second kappa shape index (κ2) is 6.34. The van der Waals surface area contributed by atoms with Gasteiger partial charge in [0, 0.05) is 37.8 Å². The highest BCUT2D eigenvalue weighted by atomic mass is 16.5. The highest BCUT2D eigenvalue weighted by molar-refractivity contribution is 5.31. The first kappa shape index (κ1) is 14.8. The molecule has 2 heterocycles. The highest BCUT2D eigenvalue weighted by Crippen LogP contribution is 2.32. The minimum Gasteiger partial charge on any atom is -0.497 e. The normalized spacial score (nSPS) is 28.3. The summed E-state index contributed by atoms with van der Waals surface area (Å²) in [5.41, 5.74) is 7.39. The van der Waals surface area contributed by atoms with E-state index in [2.05, 4.69) is 35.0 Å². The highest BCUT2D eigenvalue weighted by Gasteiger charge is 2.36. The summed E-state index contributed by atoms with van der Waals surface area (Å²) >= 11 is 0. The molecule has 0 spiro atoms. The molecule has 3 unspecified atom stereocenters. The Labute approximate surface area is 127 Å². The molecule has 4 heteroatoms. The molecule has 2 aliphatic heterocycles. The summed E-state index contributed by atoms with van der Waals surface area (Å²) in [6.07, 6.45) is 3.95. The van der Waals surface area contributed by atoms with E-state index in [-0.39, 0.29) is 0 Å². The van der Waals surface area contributed by atoms with Crippen molar-refractivity contribution in [2.45, 2.75) is 37.4 Å². The Morgan fingerprint density at radius 1 is 1.29 bits per heavy atom. The van der Waals surface area contributed by atoms with Gasteiger partial charge in [-0.25, -0.2) is 0 Å². The summed E-state index contributed by atoms with van der Waals surface area (Å²) in [4.78, 5) is 5.16. The van der Waals surface area contributed by atoms with E-state index in [1.54, 1.807) is 7.11 Å². The number of likely N-dealkylation sites (tertiary alicyclic amines) is 1. The minimum absolute atomic E-state index is 0.299. The first-order valence-corrected chi connectivity index (χ1v) is 8.03. The number of hydrogen-bond acceptors (Lipinski definition) is 4. The number of ether oxygens (including phenoxy) is 1. The van der Waals surface area contributed by atoms with Gasteiger partial charge >= 0.3 is 0 Å². The van der Waals surface area contributed by atoms with Crippen molar-refractivity contribution in [1.82, 2.24) is 9.80 Å². The maximum Gasteiger partial charge on any atom is 0.119 e. The predicted molar refractivity (Wildman–Crippen MR) is 85.6 cm³/mol. The molecule has 21 heavy (non-hydrogen) atoms. The van der Waals surface area contributed by atoms with E-state index in [9.17, 15) is 0 Å². The number of benzene rings is 1. The van der Waals surface area contributed by atoms with Crippen LogP contribution >= 0.6 is 0 Å². The zero-order valence-corrected chi connectivity index (χ0v) is 13.2. The molecule has 0 amide bonds. The standard InChI is InChI=1S/C17H27N3O/c1-19-14-6-7-15(19)12-20(9-8-14)17(11-18)13-4-3-5-16(10-13)21-2/h3-5,10,14-15,17H,6-9,11-12,18H2,1-2H3. The molecule has 0 radical (unpaired) electrons. The second-order valence-electron chi connectivity index (χ2n) is 6.36. The van der Waals surface area contributed by atoms with Gasteiger partial charge in [0.2, 0.25) is 0 Å². The maximum absolute atomic E-state index is 6.11. The van der Waals surface area contributed by atoms with Gasteiger partial charge < -0.3 is 10.5 Å². The van der Waals surface area contributed by atoms with Crippen molar-refractivity contribution in [1.29, 1.82) is 0 Å². The van der Waals surface area contributed by atoms with Gasteiger partial charge in [-0.15, -0.1) is 0 Å². The monoisotopic (exact) mass is 289 g/mol. The molecule has 4 nitrogen and oxygen atoms in total. The van der Waals surface area contributed by atoms with Crippen LogP contribution in [0.2, 0.25) is 0 Å². The summed E-state index contributed by atoms with van der Waals surface area (Å²) in [7, 11) is 4.01. The topological polar surface area (TPSA) is 41.7 Å². The molecule has 2 bridgehead atoms. The van der Waals surface area contributed by atoms with Crippen molar-refractivity contribution in [3.05, 3.63) is 29.8 Å². The van der Waals surface area contributed by atoms with Gasteiger partial charge in [0.1, 0.15) is 5.75 Å². The van der Waals surface area contributed by atoms with E-state index in [1.165, 1.54) is 24.8 Å². The van der Waals surface area contributed by atoms with E-state index >= 15 is 0 Å². The van der Waals surface area contributed by atoms with E-state index in [1.807, 2.05) is 6.07 Å². The van der Waals surface area contributed by atoms with Crippen LogP contribution in [0.15, 0.2) is 24.3 Å². The molecule has 3 rings (SSSR count). The van der Waals surface area contributed by atoms with E-state index in [4.69, 9.17) is 10.5 Å². The van der Waals surface area contributed by atoms with Crippen molar-refractivity contribution in [2.75, 3.05) is 33.8 Å². The Balaban J connectivity index is 1.79. The van der Waals surface area contributed by atoms with Crippen LogP contribution in [-0.4, -0.2) is 55.7 Å². The number of hydrogen-bond donors (Lipinski definition) is 1. The van der Waals surface area contributed by atoms with Crippen molar-refractivity contribution in [3.63, 3.8) is 0 Å². The summed E-state index contributed by atoms with van der Waals surface area (Å²) in [6, 6.07) is 10.1. The summed E-state index contributed by atoms with van der Waals surface area (Å²) in [5, 5.41) is 0. The van der Waals surface area contributed by atoms with Gasteiger partial charge in [0.25, 0.3) is 0 Å². The van der Waals surface area contributed by atoms with Crippen LogP contribution < -0.4 is 10.5 Å². The first-order chi connectivity index (χ1) is 10.2. The number of rotatable bonds is 4. The average Bonchev–Trinajstić information content (AvgIpc) is 2.75. The Morgan fingerprint density at radius 2 is 2.10 bits per heavy atom. The minimum atomic E-state index is 0.299. The zero-order chi connectivity index (χ0) is 14.8. The fourth-order valence-corrected chi connectivity index (χ4v) is 3.96. The molecule has 2 saturated heterocycles. The van der Waals surface area contributed by atoms with Gasteiger partial charge in [0.05, 0.1) is 7.11 Å². The summed E-state index contributed by atoms with van der Waals surface area (Å²) in [6.45, 7) is 2.94. The lowest BCUT2D eigenvalue weighted by atomic mass is 10.0.